The number of hydrogen-bond donors (Lipinski definition) is 2. The van der Waals surface area contributed by atoms with Crippen LogP contribution in [-0.2, 0) is 4.79 Å². The summed E-state index contributed by atoms with van der Waals surface area (Å²) in [5.41, 5.74) is 2.58. The molecule has 0 spiro atoms. The number of aliphatic carboxylic acids is 1. The highest BCUT2D eigenvalue weighted by molar-refractivity contribution is 7.22. The number of carboxylic acid groups (broad SMARTS) is 1. The van der Waals surface area contributed by atoms with Gasteiger partial charge in [-0.05, 0) is 56.5 Å². The van der Waals surface area contributed by atoms with Gasteiger partial charge in [0.1, 0.15) is 0 Å². The third kappa shape index (κ3) is 5.01. The maximum absolute atomic E-state index is 11.6. The molecule has 208 valence electrons. The van der Waals surface area contributed by atoms with Crippen LogP contribution >= 0.6 is 34.5 Å². The summed E-state index contributed by atoms with van der Waals surface area (Å²) in [6, 6.07) is 12.4. The quantitative estimate of drug-likeness (QED) is 0.283. The Morgan fingerprint density at radius 3 is 2.72 bits per heavy atom. The first-order chi connectivity index (χ1) is 18.5. The molecule has 1 saturated carbocycles. The van der Waals surface area contributed by atoms with Crippen LogP contribution in [0.5, 0.6) is 0 Å². The number of carboxylic acids is 1. The molecule has 2 aliphatic heterocycles. The molecule has 3 atom stereocenters. The van der Waals surface area contributed by atoms with Crippen LogP contribution in [0.15, 0.2) is 36.4 Å². The summed E-state index contributed by atoms with van der Waals surface area (Å²) >= 11 is 14.3. The minimum atomic E-state index is -0.633. The second kappa shape index (κ2) is 10.1. The van der Waals surface area contributed by atoms with Gasteiger partial charge in [0, 0.05) is 47.8 Å². The van der Waals surface area contributed by atoms with Crippen LogP contribution < -0.4 is 10.2 Å². The van der Waals surface area contributed by atoms with Crippen molar-refractivity contribution in [3.63, 3.8) is 0 Å². The Morgan fingerprint density at radius 2 is 2.00 bits per heavy atom. The molecular weight excluding hydrogens is 551 g/mol. The lowest BCUT2D eigenvalue weighted by atomic mass is 9.64. The van der Waals surface area contributed by atoms with Gasteiger partial charge in [-0.3, -0.25) is 4.79 Å². The third-order valence-electron chi connectivity index (χ3n) is 9.72. The molecule has 3 fully saturated rings. The number of rotatable bonds is 7. The SMILES string of the molecule is C[C@@H](Nc1cccc2nc(N3CC([C@H]4CCC[N+](C)(C5CC(C)(C(=O)O)C5)C4)C3)sc12)c1ccc(Cl)cc1Cl. The number of likely N-dealkylation sites (tertiary alicyclic amines) is 1. The van der Waals surface area contributed by atoms with Crippen molar-refractivity contribution in [1.82, 2.24) is 4.98 Å². The van der Waals surface area contributed by atoms with Crippen molar-refractivity contribution < 1.29 is 14.4 Å². The summed E-state index contributed by atoms with van der Waals surface area (Å²) in [6.45, 7) is 8.50. The number of nitrogens with one attached hydrogen (secondary N) is 1. The molecule has 6 nitrogen and oxygen atoms in total. The number of piperidine rings is 1. The summed E-state index contributed by atoms with van der Waals surface area (Å²) < 4.78 is 2.22. The maximum atomic E-state index is 11.6. The molecule has 6 rings (SSSR count). The molecule has 2 N–H and O–H groups in total. The molecule has 3 heterocycles. The lowest BCUT2D eigenvalue weighted by molar-refractivity contribution is -0.949. The number of nitrogens with zero attached hydrogens (tertiary/aromatic N) is 3. The smallest absolute Gasteiger partial charge is 0.309 e. The Morgan fingerprint density at radius 1 is 1.23 bits per heavy atom. The fourth-order valence-corrected chi connectivity index (χ4v) is 8.69. The van der Waals surface area contributed by atoms with Crippen LogP contribution in [0.3, 0.4) is 0 Å². The Kier molecular flexibility index (Phi) is 7.02. The molecule has 1 aromatic heterocycles. The van der Waals surface area contributed by atoms with Gasteiger partial charge in [0.2, 0.25) is 0 Å². The molecule has 1 aliphatic carbocycles. The molecule has 2 saturated heterocycles. The molecule has 9 heteroatoms. The van der Waals surface area contributed by atoms with Crippen LogP contribution in [0, 0.1) is 17.3 Å². The molecule has 0 amide bonds. The molecule has 2 aromatic carbocycles. The van der Waals surface area contributed by atoms with Crippen molar-refractivity contribution in [3.05, 3.63) is 52.0 Å². The molecule has 0 bridgehead atoms. The van der Waals surface area contributed by atoms with Crippen LogP contribution in [0.4, 0.5) is 10.8 Å². The minimum absolute atomic E-state index is 0.0297. The van der Waals surface area contributed by atoms with Crippen molar-refractivity contribution >= 4 is 61.5 Å². The van der Waals surface area contributed by atoms with E-state index in [0.717, 1.165) is 52.3 Å². The van der Waals surface area contributed by atoms with Crippen LogP contribution in [0.2, 0.25) is 10.0 Å². The average Bonchev–Trinajstić information content (AvgIpc) is 3.25. The normalized spacial score (nSPS) is 30.0. The lowest BCUT2D eigenvalue weighted by Gasteiger charge is -2.56. The first-order valence-electron chi connectivity index (χ1n) is 14.0. The van der Waals surface area contributed by atoms with E-state index in [9.17, 15) is 9.90 Å². The van der Waals surface area contributed by atoms with Gasteiger partial charge in [-0.15, -0.1) is 0 Å². The highest BCUT2D eigenvalue weighted by atomic mass is 35.5. The average molecular weight is 589 g/mol. The second-order valence-corrected chi connectivity index (χ2v) is 14.4. The van der Waals surface area contributed by atoms with E-state index in [-0.39, 0.29) is 6.04 Å². The molecule has 3 aromatic rings. The molecule has 1 unspecified atom stereocenters. The van der Waals surface area contributed by atoms with Crippen molar-refractivity contribution in [1.29, 1.82) is 0 Å². The highest BCUT2D eigenvalue weighted by Crippen LogP contribution is 2.48. The Hall–Kier alpha value is -2.06. The highest BCUT2D eigenvalue weighted by Gasteiger charge is 2.56. The third-order valence-corrected chi connectivity index (χ3v) is 11.4. The lowest BCUT2D eigenvalue weighted by Crippen LogP contribution is -2.66. The predicted octanol–water partition coefficient (Wildman–Crippen LogP) is 7.32. The first kappa shape index (κ1) is 27.1. The van der Waals surface area contributed by atoms with E-state index in [1.807, 2.05) is 19.1 Å². The number of anilines is 2. The Balaban J connectivity index is 1.10. The fourth-order valence-electron chi connectivity index (χ4n) is 7.06. The minimum Gasteiger partial charge on any atom is -0.481 e. The number of benzene rings is 2. The first-order valence-corrected chi connectivity index (χ1v) is 15.6. The number of halogens is 2. The van der Waals surface area contributed by atoms with Crippen LogP contribution in [0.1, 0.15) is 51.1 Å². The van der Waals surface area contributed by atoms with Crippen molar-refractivity contribution in [2.75, 3.05) is 43.4 Å². The van der Waals surface area contributed by atoms with Gasteiger partial charge in [0.15, 0.2) is 5.13 Å². The van der Waals surface area contributed by atoms with Crippen molar-refractivity contribution in [2.24, 2.45) is 17.3 Å². The second-order valence-electron chi connectivity index (χ2n) is 12.6. The van der Waals surface area contributed by atoms with E-state index in [4.69, 9.17) is 28.2 Å². The van der Waals surface area contributed by atoms with E-state index < -0.39 is 11.4 Å². The van der Waals surface area contributed by atoms with Gasteiger partial charge in [-0.25, -0.2) is 4.98 Å². The number of hydrogen-bond acceptors (Lipinski definition) is 5. The number of thiazole rings is 1. The largest absolute Gasteiger partial charge is 0.481 e. The van der Waals surface area contributed by atoms with E-state index in [0.29, 0.717) is 27.9 Å². The zero-order valence-corrected chi connectivity index (χ0v) is 25.1. The summed E-state index contributed by atoms with van der Waals surface area (Å²) in [6.07, 6.45) is 4.15. The maximum Gasteiger partial charge on any atom is 0.309 e. The number of aromatic nitrogens is 1. The van der Waals surface area contributed by atoms with Gasteiger partial charge in [-0.2, -0.15) is 0 Å². The van der Waals surface area contributed by atoms with E-state index >= 15 is 0 Å². The predicted molar refractivity (Wildman–Crippen MR) is 161 cm³/mol. The summed E-state index contributed by atoms with van der Waals surface area (Å²) in [7, 11) is 2.37. The number of quaternary nitrogens is 1. The Bertz CT molecular complexity index is 1400. The van der Waals surface area contributed by atoms with Crippen molar-refractivity contribution in [3.8, 4) is 0 Å². The van der Waals surface area contributed by atoms with Crippen molar-refractivity contribution in [2.45, 2.75) is 51.6 Å². The standard InChI is InChI=1S/C30H36Cl2N4O2S/c1-18(23-10-9-21(31)12-24(23)32)33-25-7-4-8-26-27(25)39-29(34-26)35-15-20(16-35)19-6-5-11-36(3,17-19)22-13-30(2,14-22)28(37)38/h4,7-10,12,18-20,22,33H,5-6,11,13-17H2,1-3H3/p+1/t18-,19+,22?,30?,36?/m1/s1. The van der Waals surface area contributed by atoms with Crippen LogP contribution in [0.25, 0.3) is 10.2 Å². The zero-order valence-electron chi connectivity index (χ0n) is 22.8. The summed E-state index contributed by atoms with van der Waals surface area (Å²) in [4.78, 5) is 19.1. The van der Waals surface area contributed by atoms with Gasteiger partial charge >= 0.3 is 5.97 Å². The molecular formula is C30H37Cl2N4O2S+. The molecule has 0 radical (unpaired) electrons. The van der Waals surface area contributed by atoms with E-state index in [1.165, 1.54) is 30.6 Å². The topological polar surface area (TPSA) is 65.5 Å². The Labute approximate surface area is 244 Å². The number of carbonyl (C=O) groups is 1. The summed E-state index contributed by atoms with van der Waals surface area (Å²) in [5, 5.41) is 15.6. The van der Waals surface area contributed by atoms with E-state index in [2.05, 4.69) is 42.4 Å². The molecule has 3 aliphatic rings. The fraction of sp³-hybridized carbons (Fsp3) is 0.533. The number of fused-ring (bicyclic) bond motifs is 1. The van der Waals surface area contributed by atoms with Gasteiger partial charge in [0.05, 0.1) is 53.5 Å². The summed E-state index contributed by atoms with van der Waals surface area (Å²) in [5.74, 6) is 0.754. The van der Waals surface area contributed by atoms with Crippen LogP contribution in [-0.4, -0.2) is 59.8 Å². The zero-order chi connectivity index (χ0) is 27.5. The van der Waals surface area contributed by atoms with Gasteiger partial charge in [-0.1, -0.05) is 46.7 Å². The van der Waals surface area contributed by atoms with Gasteiger partial charge < -0.3 is 19.8 Å². The van der Waals surface area contributed by atoms with E-state index in [1.54, 1.807) is 17.4 Å². The van der Waals surface area contributed by atoms with Gasteiger partial charge in [0.25, 0.3) is 0 Å². The monoisotopic (exact) mass is 587 g/mol. The molecule has 39 heavy (non-hydrogen) atoms.